The number of nitrogens with zero attached hydrogens (tertiary/aromatic N) is 2. The molecular weight excluding hydrogens is 749 g/mol. The Kier molecular flexibility index (Phi) is 8.53. The predicted octanol–water partition coefficient (Wildman–Crippen LogP) is 16.2. The van der Waals surface area contributed by atoms with Crippen LogP contribution in [-0.4, -0.2) is 9.97 Å². The van der Waals surface area contributed by atoms with Crippen LogP contribution in [0.15, 0.2) is 231 Å². The number of hydrogen-bond acceptors (Lipinski definition) is 2. The van der Waals surface area contributed by atoms with Crippen LogP contribution in [0.2, 0.25) is 0 Å². The lowest BCUT2D eigenvalue weighted by atomic mass is 9.86. The van der Waals surface area contributed by atoms with Crippen molar-refractivity contribution in [3.63, 3.8) is 0 Å². The molecular formula is C60H38N2. The van der Waals surface area contributed by atoms with Crippen LogP contribution in [0.5, 0.6) is 0 Å². The Morgan fingerprint density at radius 2 is 0.742 bits per heavy atom. The summed E-state index contributed by atoms with van der Waals surface area (Å²) >= 11 is 0. The zero-order valence-electron chi connectivity index (χ0n) is 33.8. The largest absolute Gasteiger partial charge is 0.228 e. The zero-order valence-corrected chi connectivity index (χ0v) is 33.8. The lowest BCUT2D eigenvalue weighted by molar-refractivity contribution is 1.18. The van der Waals surface area contributed by atoms with Crippen molar-refractivity contribution in [1.29, 1.82) is 0 Å². The van der Waals surface area contributed by atoms with Gasteiger partial charge in [-0.25, -0.2) is 9.97 Å². The highest BCUT2D eigenvalue weighted by Gasteiger charge is 2.17. The maximum atomic E-state index is 5.09. The van der Waals surface area contributed by atoms with Crippen molar-refractivity contribution in [2.75, 3.05) is 0 Å². The van der Waals surface area contributed by atoms with E-state index in [4.69, 9.17) is 9.97 Å². The third-order valence-corrected chi connectivity index (χ3v) is 12.5. The SMILES string of the molecule is c1ccc(-c2nc(-c3ccc(-c4ccc(-c5ccc(-c6c7ccccc7cc7c6ccc6ccccc67)c6ccccc56)cc4)cc3)cc(-c3ccc4ccccc4c3)n2)cc1. The highest BCUT2D eigenvalue weighted by molar-refractivity contribution is 6.23. The van der Waals surface area contributed by atoms with Gasteiger partial charge < -0.3 is 0 Å². The molecule has 0 aliphatic heterocycles. The Bertz CT molecular complexity index is 3660. The molecule has 0 spiro atoms. The third-order valence-electron chi connectivity index (χ3n) is 12.5. The van der Waals surface area contributed by atoms with Crippen LogP contribution in [0.3, 0.4) is 0 Å². The van der Waals surface area contributed by atoms with Crippen molar-refractivity contribution in [3.8, 4) is 67.3 Å². The summed E-state index contributed by atoms with van der Waals surface area (Å²) in [5.41, 5.74) is 12.2. The maximum Gasteiger partial charge on any atom is 0.160 e. The first-order valence-corrected chi connectivity index (χ1v) is 21.2. The lowest BCUT2D eigenvalue weighted by Gasteiger charge is -2.17. The van der Waals surface area contributed by atoms with Gasteiger partial charge in [0, 0.05) is 16.7 Å². The monoisotopic (exact) mass is 786 g/mol. The molecule has 0 saturated heterocycles. The van der Waals surface area contributed by atoms with Gasteiger partial charge in [0.25, 0.3) is 0 Å². The van der Waals surface area contributed by atoms with E-state index in [9.17, 15) is 0 Å². The zero-order chi connectivity index (χ0) is 41.0. The van der Waals surface area contributed by atoms with Crippen LogP contribution < -0.4 is 0 Å². The fraction of sp³-hybridized carbons (Fsp3) is 0. The molecule has 12 aromatic rings. The summed E-state index contributed by atoms with van der Waals surface area (Å²) in [6.45, 7) is 0. The van der Waals surface area contributed by atoms with Gasteiger partial charge in [-0.05, 0) is 105 Å². The van der Waals surface area contributed by atoms with Crippen molar-refractivity contribution >= 4 is 53.9 Å². The Morgan fingerprint density at radius 3 is 1.48 bits per heavy atom. The molecule has 0 amide bonds. The van der Waals surface area contributed by atoms with Crippen molar-refractivity contribution in [2.24, 2.45) is 0 Å². The van der Waals surface area contributed by atoms with Crippen LogP contribution in [0.25, 0.3) is 121 Å². The van der Waals surface area contributed by atoms with Gasteiger partial charge in [-0.2, -0.15) is 0 Å². The Morgan fingerprint density at radius 1 is 0.226 bits per heavy atom. The van der Waals surface area contributed by atoms with Crippen LogP contribution >= 0.6 is 0 Å². The molecule has 0 saturated carbocycles. The minimum Gasteiger partial charge on any atom is -0.228 e. The van der Waals surface area contributed by atoms with E-state index >= 15 is 0 Å². The van der Waals surface area contributed by atoms with Gasteiger partial charge >= 0.3 is 0 Å². The summed E-state index contributed by atoms with van der Waals surface area (Å²) in [5.74, 6) is 0.713. The van der Waals surface area contributed by atoms with E-state index in [1.54, 1.807) is 0 Å². The molecule has 1 heterocycles. The molecule has 1 aromatic heterocycles. The highest BCUT2D eigenvalue weighted by Crippen LogP contribution is 2.44. The number of benzene rings is 11. The summed E-state index contributed by atoms with van der Waals surface area (Å²) in [7, 11) is 0. The molecule has 11 aromatic carbocycles. The molecule has 2 nitrogen and oxygen atoms in total. The van der Waals surface area contributed by atoms with E-state index in [1.807, 2.05) is 18.2 Å². The van der Waals surface area contributed by atoms with Gasteiger partial charge in [-0.3, -0.25) is 0 Å². The molecule has 0 aliphatic carbocycles. The summed E-state index contributed by atoms with van der Waals surface area (Å²) in [6.07, 6.45) is 0. The lowest BCUT2D eigenvalue weighted by Crippen LogP contribution is -1.96. The minimum absolute atomic E-state index is 0.713. The van der Waals surface area contributed by atoms with E-state index in [-0.39, 0.29) is 0 Å². The average Bonchev–Trinajstić information content (AvgIpc) is 3.35. The summed E-state index contributed by atoms with van der Waals surface area (Å²) < 4.78 is 0. The van der Waals surface area contributed by atoms with Crippen LogP contribution in [0, 0.1) is 0 Å². The predicted molar refractivity (Wildman–Crippen MR) is 262 cm³/mol. The normalized spacial score (nSPS) is 11.5. The second-order valence-electron chi connectivity index (χ2n) is 16.1. The highest BCUT2D eigenvalue weighted by atomic mass is 14.9. The van der Waals surface area contributed by atoms with Crippen molar-refractivity contribution in [3.05, 3.63) is 231 Å². The molecule has 0 fully saturated rings. The van der Waals surface area contributed by atoms with Gasteiger partial charge in [0.05, 0.1) is 11.4 Å². The van der Waals surface area contributed by atoms with Crippen molar-refractivity contribution in [1.82, 2.24) is 9.97 Å². The molecule has 62 heavy (non-hydrogen) atoms. The second kappa shape index (κ2) is 14.8. The van der Waals surface area contributed by atoms with Gasteiger partial charge in [-0.15, -0.1) is 0 Å². The van der Waals surface area contributed by atoms with Gasteiger partial charge in [0.15, 0.2) is 5.82 Å². The fourth-order valence-electron chi connectivity index (χ4n) is 9.36. The van der Waals surface area contributed by atoms with E-state index in [2.05, 4.69) is 212 Å². The molecule has 0 atom stereocenters. The van der Waals surface area contributed by atoms with Crippen LogP contribution in [-0.2, 0) is 0 Å². The number of hydrogen-bond donors (Lipinski definition) is 0. The first-order chi connectivity index (χ1) is 30.7. The van der Waals surface area contributed by atoms with E-state index in [0.717, 1.165) is 33.6 Å². The summed E-state index contributed by atoms with van der Waals surface area (Å²) in [5, 5.41) is 12.5. The summed E-state index contributed by atoms with van der Waals surface area (Å²) in [6, 6.07) is 83.1. The minimum atomic E-state index is 0.713. The molecule has 12 rings (SSSR count). The fourth-order valence-corrected chi connectivity index (χ4v) is 9.36. The molecule has 0 radical (unpaired) electrons. The van der Waals surface area contributed by atoms with Crippen molar-refractivity contribution < 1.29 is 0 Å². The maximum absolute atomic E-state index is 5.09. The topological polar surface area (TPSA) is 25.8 Å². The van der Waals surface area contributed by atoms with E-state index in [1.165, 1.54) is 81.7 Å². The molecule has 0 bridgehead atoms. The third kappa shape index (κ3) is 6.20. The molecule has 0 unspecified atom stereocenters. The number of aromatic nitrogens is 2. The van der Waals surface area contributed by atoms with E-state index in [0.29, 0.717) is 5.82 Å². The first-order valence-electron chi connectivity index (χ1n) is 21.2. The van der Waals surface area contributed by atoms with Gasteiger partial charge in [-0.1, -0.05) is 212 Å². The van der Waals surface area contributed by atoms with E-state index < -0.39 is 0 Å². The standard InChI is InChI=1S/C60H38N2/c1-2-14-45(15-3-1)60-61-57(38-58(62-60)48-31-26-39-12-4-5-16-46(39)36-48)44-29-24-41(25-30-44)40-22-27-43(28-23-40)50-34-35-54(53-21-11-10-20-52(50)53)59-51-19-9-7-17-47(51)37-56-49-18-8-6-13-42(49)32-33-55(56)59/h1-38H. The first kappa shape index (κ1) is 35.7. The average molecular weight is 787 g/mol. The van der Waals surface area contributed by atoms with Gasteiger partial charge in [0.1, 0.15) is 0 Å². The Labute approximate surface area is 360 Å². The number of rotatable bonds is 6. The van der Waals surface area contributed by atoms with Crippen LogP contribution in [0.4, 0.5) is 0 Å². The van der Waals surface area contributed by atoms with Crippen molar-refractivity contribution in [2.45, 2.75) is 0 Å². The molecule has 0 N–H and O–H groups in total. The Hall–Kier alpha value is -8.20. The molecule has 0 aliphatic rings. The quantitative estimate of drug-likeness (QED) is 0.124. The molecule has 288 valence electrons. The number of fused-ring (bicyclic) bond motifs is 6. The summed E-state index contributed by atoms with van der Waals surface area (Å²) in [4.78, 5) is 10.2. The second-order valence-corrected chi connectivity index (χ2v) is 16.1. The smallest absolute Gasteiger partial charge is 0.160 e. The van der Waals surface area contributed by atoms with Gasteiger partial charge in [0.2, 0.25) is 0 Å². The molecule has 2 heteroatoms. The Balaban J connectivity index is 0.899. The van der Waals surface area contributed by atoms with Crippen LogP contribution in [0.1, 0.15) is 0 Å².